The molecule has 0 fully saturated rings. The fourth-order valence-electron chi connectivity index (χ4n) is 1.70. The van der Waals surface area contributed by atoms with Crippen LogP contribution >= 0.6 is 0 Å². The Morgan fingerprint density at radius 1 is 1.30 bits per heavy atom. The van der Waals surface area contributed by atoms with E-state index in [4.69, 9.17) is 0 Å². The highest BCUT2D eigenvalue weighted by molar-refractivity contribution is 5.77. The molecule has 1 aromatic heterocycles. The average molecular weight is 274 g/mol. The minimum absolute atomic E-state index is 0.0226. The van der Waals surface area contributed by atoms with Crippen molar-refractivity contribution < 1.29 is 4.79 Å². The van der Waals surface area contributed by atoms with Gasteiger partial charge in [-0.2, -0.15) is 4.68 Å². The first-order valence-electron chi connectivity index (χ1n) is 6.61. The molecule has 1 heterocycles. The van der Waals surface area contributed by atoms with Crippen LogP contribution in [-0.2, 0) is 11.3 Å². The van der Waals surface area contributed by atoms with Crippen molar-refractivity contribution in [2.24, 2.45) is 0 Å². The van der Waals surface area contributed by atoms with Crippen LogP contribution in [0.4, 0.5) is 0 Å². The number of benzene rings is 1. The lowest BCUT2D eigenvalue weighted by Crippen LogP contribution is -2.34. The number of nitrogens with one attached hydrogen (secondary N) is 2. The van der Waals surface area contributed by atoms with E-state index in [1.54, 1.807) is 4.68 Å². The van der Waals surface area contributed by atoms with Crippen LogP contribution in [0.25, 0.3) is 5.69 Å². The molecule has 0 aliphatic heterocycles. The second kappa shape index (κ2) is 7.34. The maximum absolute atomic E-state index is 11.5. The van der Waals surface area contributed by atoms with Gasteiger partial charge in [-0.25, -0.2) is 0 Å². The van der Waals surface area contributed by atoms with Gasteiger partial charge in [-0.1, -0.05) is 25.1 Å². The van der Waals surface area contributed by atoms with Crippen molar-refractivity contribution in [2.75, 3.05) is 13.1 Å². The van der Waals surface area contributed by atoms with E-state index in [0.717, 1.165) is 12.1 Å². The normalized spacial score (nSPS) is 10.4. The number of hydrogen-bond donors (Lipinski definition) is 2. The smallest absolute Gasteiger partial charge is 0.233 e. The molecule has 20 heavy (non-hydrogen) atoms. The molecule has 0 saturated carbocycles. The van der Waals surface area contributed by atoms with Gasteiger partial charge in [0.15, 0.2) is 5.82 Å². The highest BCUT2D eigenvalue weighted by Gasteiger charge is 2.08. The third-order valence-corrected chi connectivity index (χ3v) is 2.68. The molecule has 7 nitrogen and oxygen atoms in total. The lowest BCUT2D eigenvalue weighted by molar-refractivity contribution is -0.120. The third kappa shape index (κ3) is 3.86. The van der Waals surface area contributed by atoms with E-state index in [1.165, 1.54) is 0 Å². The van der Waals surface area contributed by atoms with Crippen molar-refractivity contribution in [1.29, 1.82) is 0 Å². The molecular weight excluding hydrogens is 256 g/mol. The minimum Gasteiger partial charge on any atom is -0.355 e. The van der Waals surface area contributed by atoms with Crippen LogP contribution in [0.15, 0.2) is 30.3 Å². The maximum atomic E-state index is 11.5. The number of hydrogen-bond acceptors (Lipinski definition) is 5. The van der Waals surface area contributed by atoms with Crippen LogP contribution in [0.3, 0.4) is 0 Å². The summed E-state index contributed by atoms with van der Waals surface area (Å²) < 4.78 is 1.65. The van der Waals surface area contributed by atoms with Crippen LogP contribution < -0.4 is 10.6 Å². The Balaban J connectivity index is 1.89. The molecule has 2 N–H and O–H groups in total. The predicted molar refractivity (Wildman–Crippen MR) is 74.2 cm³/mol. The molecular formula is C13H18N6O. The SMILES string of the molecule is CCCNC(=O)CNCc1nnnn1-c1ccccc1. The fraction of sp³-hybridized carbons (Fsp3) is 0.385. The van der Waals surface area contributed by atoms with Crippen molar-refractivity contribution in [3.8, 4) is 5.69 Å². The van der Waals surface area contributed by atoms with Gasteiger partial charge in [0.1, 0.15) is 0 Å². The van der Waals surface area contributed by atoms with Crippen molar-refractivity contribution in [1.82, 2.24) is 30.8 Å². The minimum atomic E-state index is -0.0226. The number of para-hydroxylation sites is 1. The Morgan fingerprint density at radius 3 is 2.85 bits per heavy atom. The van der Waals surface area contributed by atoms with E-state index in [0.29, 0.717) is 18.9 Å². The third-order valence-electron chi connectivity index (χ3n) is 2.68. The Morgan fingerprint density at radius 2 is 2.10 bits per heavy atom. The molecule has 1 aromatic carbocycles. The first-order valence-corrected chi connectivity index (χ1v) is 6.61. The molecule has 0 atom stereocenters. The van der Waals surface area contributed by atoms with Crippen molar-refractivity contribution in [3.05, 3.63) is 36.2 Å². The van der Waals surface area contributed by atoms with E-state index in [2.05, 4.69) is 26.2 Å². The van der Waals surface area contributed by atoms with Crippen molar-refractivity contribution in [3.63, 3.8) is 0 Å². The Kier molecular flexibility index (Phi) is 5.19. The number of aromatic nitrogens is 4. The van der Waals surface area contributed by atoms with Gasteiger partial charge >= 0.3 is 0 Å². The Bertz CT molecular complexity index is 539. The van der Waals surface area contributed by atoms with Gasteiger partial charge in [0.2, 0.25) is 5.91 Å². The molecule has 0 bridgehead atoms. The van der Waals surface area contributed by atoms with Gasteiger partial charge in [-0.3, -0.25) is 4.79 Å². The van der Waals surface area contributed by atoms with Gasteiger partial charge in [0.25, 0.3) is 0 Å². The average Bonchev–Trinajstić information content (AvgIpc) is 2.94. The highest BCUT2D eigenvalue weighted by Crippen LogP contribution is 2.06. The second-order valence-electron chi connectivity index (χ2n) is 4.30. The first-order chi connectivity index (χ1) is 9.81. The number of amides is 1. The summed E-state index contributed by atoms with van der Waals surface area (Å²) >= 11 is 0. The summed E-state index contributed by atoms with van der Waals surface area (Å²) in [6, 6.07) is 9.63. The van der Waals surface area contributed by atoms with Crippen LogP contribution in [0.2, 0.25) is 0 Å². The zero-order valence-electron chi connectivity index (χ0n) is 11.4. The van der Waals surface area contributed by atoms with Crippen LogP contribution in [0.5, 0.6) is 0 Å². The van der Waals surface area contributed by atoms with Gasteiger partial charge in [0, 0.05) is 6.54 Å². The van der Waals surface area contributed by atoms with Crippen molar-refractivity contribution >= 4 is 5.91 Å². The molecule has 0 saturated heterocycles. The standard InChI is InChI=1S/C13H18N6O/c1-2-8-15-13(20)10-14-9-12-16-17-18-19(12)11-6-4-3-5-7-11/h3-7,14H,2,8-10H2,1H3,(H,15,20). The Hall–Kier alpha value is -2.28. The van der Waals surface area contributed by atoms with E-state index >= 15 is 0 Å². The molecule has 0 radical (unpaired) electrons. The summed E-state index contributed by atoms with van der Waals surface area (Å²) in [5.74, 6) is 0.644. The summed E-state index contributed by atoms with van der Waals surface area (Å²) in [7, 11) is 0. The monoisotopic (exact) mass is 274 g/mol. The molecule has 7 heteroatoms. The summed E-state index contributed by atoms with van der Waals surface area (Å²) in [6.45, 7) is 3.40. The summed E-state index contributed by atoms with van der Waals surface area (Å²) in [5.41, 5.74) is 0.893. The quantitative estimate of drug-likeness (QED) is 0.757. The lowest BCUT2D eigenvalue weighted by atomic mass is 10.3. The van der Waals surface area contributed by atoms with E-state index in [9.17, 15) is 4.79 Å². The van der Waals surface area contributed by atoms with E-state index < -0.39 is 0 Å². The summed E-state index contributed by atoms with van der Waals surface area (Å²) in [4.78, 5) is 11.5. The molecule has 0 unspecified atom stereocenters. The molecule has 0 aliphatic carbocycles. The van der Waals surface area contributed by atoms with E-state index in [-0.39, 0.29) is 12.5 Å². The van der Waals surface area contributed by atoms with Crippen LogP contribution in [0, 0.1) is 0 Å². The fourth-order valence-corrected chi connectivity index (χ4v) is 1.70. The number of tetrazole rings is 1. The molecule has 2 aromatic rings. The largest absolute Gasteiger partial charge is 0.355 e. The number of carbonyl (C=O) groups is 1. The number of nitrogens with zero attached hydrogens (tertiary/aromatic N) is 4. The predicted octanol–water partition coefficient (Wildman–Crippen LogP) is 0.278. The van der Waals surface area contributed by atoms with Gasteiger partial charge in [-0.15, -0.1) is 5.10 Å². The first kappa shape index (κ1) is 14.1. The van der Waals surface area contributed by atoms with E-state index in [1.807, 2.05) is 37.3 Å². The zero-order chi connectivity index (χ0) is 14.2. The second-order valence-corrected chi connectivity index (χ2v) is 4.30. The maximum Gasteiger partial charge on any atom is 0.233 e. The Labute approximate surface area is 117 Å². The highest BCUT2D eigenvalue weighted by atomic mass is 16.1. The van der Waals surface area contributed by atoms with Crippen LogP contribution in [0.1, 0.15) is 19.2 Å². The van der Waals surface area contributed by atoms with Gasteiger partial charge in [0.05, 0.1) is 18.8 Å². The molecule has 2 rings (SSSR count). The lowest BCUT2D eigenvalue weighted by Gasteiger charge is -2.06. The van der Waals surface area contributed by atoms with Crippen LogP contribution in [-0.4, -0.2) is 39.2 Å². The topological polar surface area (TPSA) is 84.7 Å². The molecule has 106 valence electrons. The number of rotatable bonds is 7. The number of carbonyl (C=O) groups excluding carboxylic acids is 1. The summed E-state index contributed by atoms with van der Waals surface area (Å²) in [6.07, 6.45) is 0.929. The zero-order valence-corrected chi connectivity index (χ0v) is 11.4. The molecule has 0 aliphatic rings. The molecule has 0 spiro atoms. The van der Waals surface area contributed by atoms with Crippen molar-refractivity contribution in [2.45, 2.75) is 19.9 Å². The van der Waals surface area contributed by atoms with Gasteiger partial charge < -0.3 is 10.6 Å². The molecule has 1 amide bonds. The summed E-state index contributed by atoms with van der Waals surface area (Å²) in [5, 5.41) is 17.4. The van der Waals surface area contributed by atoms with Gasteiger partial charge in [-0.05, 0) is 29.0 Å².